The van der Waals surface area contributed by atoms with Crippen LogP contribution >= 0.6 is 0 Å². The molecule has 0 saturated heterocycles. The number of hydrogen-bond donors (Lipinski definition) is 1. The Hall–Kier alpha value is 0.216. The number of carbonyl (C=O) groups is 2. The molecule has 152 valence electrons. The van der Waals surface area contributed by atoms with Crippen molar-refractivity contribution in [2.75, 3.05) is 0 Å². The summed E-state index contributed by atoms with van der Waals surface area (Å²) in [5.74, 6) is 0.551. The van der Waals surface area contributed by atoms with E-state index < -0.39 is 11.6 Å². The Labute approximate surface area is 216 Å². The summed E-state index contributed by atoms with van der Waals surface area (Å²) >= 11 is 0. The number of ketones is 1. The van der Waals surface area contributed by atoms with Gasteiger partial charge in [-0.3, -0.25) is 4.79 Å². The number of carboxylic acids is 1. The summed E-state index contributed by atoms with van der Waals surface area (Å²) in [6, 6.07) is 0. The summed E-state index contributed by atoms with van der Waals surface area (Å²) in [7, 11) is 0. The van der Waals surface area contributed by atoms with Crippen LogP contribution < -0.4 is 56.5 Å². The first kappa shape index (κ1) is 22.4. The van der Waals surface area contributed by atoms with E-state index in [-0.39, 0.29) is 74.1 Å². The molecule has 0 aromatic rings. The number of rotatable bonds is 3. The molecule has 3 fully saturated rings. The molecule has 0 radical (unpaired) electrons. The van der Waals surface area contributed by atoms with Crippen LogP contribution in [0.25, 0.3) is 0 Å². The summed E-state index contributed by atoms with van der Waals surface area (Å²) < 4.78 is 0. The van der Waals surface area contributed by atoms with Gasteiger partial charge in [-0.05, 0) is 98.0 Å². The summed E-state index contributed by atoms with van der Waals surface area (Å²) in [6.45, 7) is 4.55. The Bertz CT molecular complexity index is 812. The van der Waals surface area contributed by atoms with Gasteiger partial charge in [-0.15, -0.1) is 0 Å². The molecule has 4 nitrogen and oxygen atoms in total. The minimum atomic E-state index is -1.07. The fourth-order valence-electron chi connectivity index (χ4n) is 7.76. The van der Waals surface area contributed by atoms with Crippen molar-refractivity contribution < 1.29 is 71.2 Å². The van der Waals surface area contributed by atoms with Gasteiger partial charge in [0.15, 0.2) is 5.78 Å². The topological polar surface area (TPSA) is 77.4 Å². The third-order valence-corrected chi connectivity index (χ3v) is 9.74. The van der Waals surface area contributed by atoms with Crippen LogP contribution in [0, 0.1) is 34.0 Å². The van der Waals surface area contributed by atoms with Crippen molar-refractivity contribution in [3.63, 3.8) is 0 Å². The van der Waals surface area contributed by atoms with Crippen molar-refractivity contribution in [2.45, 2.75) is 77.2 Å². The van der Waals surface area contributed by atoms with Crippen LogP contribution in [0.1, 0.15) is 71.6 Å². The Morgan fingerprint density at radius 1 is 1.17 bits per heavy atom. The summed E-state index contributed by atoms with van der Waals surface area (Å²) in [4.78, 5) is 23.6. The third kappa shape index (κ3) is 3.09. The van der Waals surface area contributed by atoms with Crippen LogP contribution in [0.2, 0.25) is 0 Å². The number of carbonyl (C=O) groups excluding carboxylic acids is 2. The van der Waals surface area contributed by atoms with Crippen molar-refractivity contribution >= 4 is 11.8 Å². The molecule has 3 unspecified atom stereocenters. The van der Waals surface area contributed by atoms with Crippen LogP contribution in [0.3, 0.4) is 0 Å². The van der Waals surface area contributed by atoms with E-state index in [0.717, 1.165) is 38.5 Å². The van der Waals surface area contributed by atoms with E-state index in [4.69, 9.17) is 0 Å². The molecule has 29 heavy (non-hydrogen) atoms. The van der Waals surface area contributed by atoms with Gasteiger partial charge >= 0.3 is 51.4 Å². The second-order valence-corrected chi connectivity index (χ2v) is 10.9. The average Bonchev–Trinajstić information content (AvgIpc) is 3.34. The summed E-state index contributed by atoms with van der Waals surface area (Å²) in [5.41, 5.74) is 0.0301. The third-order valence-electron chi connectivity index (χ3n) is 9.74. The van der Waals surface area contributed by atoms with E-state index in [1.807, 2.05) is 6.08 Å². The van der Waals surface area contributed by atoms with Gasteiger partial charge in [0, 0.05) is 11.4 Å². The minimum absolute atomic E-state index is 0. The quantitative estimate of drug-likeness (QED) is 0.647. The fourth-order valence-corrected chi connectivity index (χ4v) is 7.76. The van der Waals surface area contributed by atoms with Gasteiger partial charge in [0.05, 0.1) is 5.60 Å². The number of fused-ring (bicyclic) bond motifs is 5. The second kappa shape index (κ2) is 7.11. The molecule has 5 heteroatoms. The Kier molecular flexibility index (Phi) is 5.50. The maximum atomic E-state index is 12.6. The fraction of sp³-hybridized carbons (Fsp3) is 0.750. The molecule has 0 heterocycles. The van der Waals surface area contributed by atoms with Crippen LogP contribution in [-0.2, 0) is 9.59 Å². The van der Waals surface area contributed by atoms with Crippen molar-refractivity contribution in [1.29, 1.82) is 0 Å². The predicted octanol–water partition coefficient (Wildman–Crippen LogP) is -0.0504. The second-order valence-electron chi connectivity index (χ2n) is 10.9. The smallest absolute Gasteiger partial charge is 0.550 e. The van der Waals surface area contributed by atoms with Gasteiger partial charge in [0.1, 0.15) is 0 Å². The van der Waals surface area contributed by atoms with E-state index in [1.165, 1.54) is 5.57 Å². The predicted molar refractivity (Wildman–Crippen MR) is 103 cm³/mol. The summed E-state index contributed by atoms with van der Waals surface area (Å²) in [6.07, 6.45) is 13.3. The minimum Gasteiger partial charge on any atom is -0.550 e. The van der Waals surface area contributed by atoms with Gasteiger partial charge in [-0.2, -0.15) is 0 Å². The van der Waals surface area contributed by atoms with Crippen LogP contribution in [0.15, 0.2) is 23.8 Å². The van der Waals surface area contributed by atoms with Crippen molar-refractivity contribution in [3.8, 4) is 0 Å². The van der Waals surface area contributed by atoms with Gasteiger partial charge in [-0.25, -0.2) is 0 Å². The zero-order chi connectivity index (χ0) is 19.9. The first-order chi connectivity index (χ1) is 13.1. The van der Waals surface area contributed by atoms with Gasteiger partial charge in [0.2, 0.25) is 0 Å². The first-order valence-electron chi connectivity index (χ1n) is 11.0. The van der Waals surface area contributed by atoms with E-state index >= 15 is 0 Å². The molecule has 6 atom stereocenters. The number of aliphatic hydroxyl groups is 1. The molecule has 0 bridgehead atoms. The normalized spacial score (nSPS) is 46.2. The molecule has 0 aromatic carbocycles. The van der Waals surface area contributed by atoms with Crippen LogP contribution in [0.5, 0.6) is 0 Å². The van der Waals surface area contributed by atoms with Gasteiger partial charge in [-0.1, -0.05) is 26.0 Å². The number of allylic oxidation sites excluding steroid dienone is 4. The van der Waals surface area contributed by atoms with Gasteiger partial charge < -0.3 is 15.0 Å². The maximum absolute atomic E-state index is 12.6. The molecule has 0 amide bonds. The molecule has 1 spiro atoms. The zero-order valence-electron chi connectivity index (χ0n) is 18.0. The van der Waals surface area contributed by atoms with E-state index in [9.17, 15) is 19.8 Å². The molecular formula is C24H31KO4. The number of carboxylic acid groups (broad SMARTS) is 1. The van der Waals surface area contributed by atoms with Crippen LogP contribution in [-0.4, -0.2) is 22.5 Å². The Balaban J connectivity index is 0.00000205. The molecule has 0 aromatic heterocycles. The van der Waals surface area contributed by atoms with E-state index in [2.05, 4.69) is 26.0 Å². The first-order valence-corrected chi connectivity index (χ1v) is 11.0. The largest absolute Gasteiger partial charge is 1.00 e. The number of hydrogen-bond acceptors (Lipinski definition) is 4. The molecular weight excluding hydrogens is 391 g/mol. The zero-order valence-corrected chi connectivity index (χ0v) is 21.1. The number of aliphatic carboxylic acids is 1. The van der Waals surface area contributed by atoms with E-state index in [1.54, 1.807) is 0 Å². The molecule has 5 aliphatic carbocycles. The monoisotopic (exact) mass is 422 g/mol. The molecule has 3 saturated carbocycles. The molecule has 5 aliphatic rings. The molecule has 5 rings (SSSR count). The van der Waals surface area contributed by atoms with Crippen LogP contribution in [0.4, 0.5) is 0 Å². The standard InChI is InChI=1S/C24H32O4.K/c1-21-14-23(11-12-23)19(25)13-15(21)3-4-16-17(21)5-8-22(2)18(16)6-9-24(22,28)10-7-20(26)27;/h3-4,13,16-18,28H,5-12,14H2,1-2H3,(H,26,27);/q;+1/p-1/t16?,17?,18?,21-,22-,24+;/m0./s1. The van der Waals surface area contributed by atoms with Crippen molar-refractivity contribution in [2.24, 2.45) is 34.0 Å². The molecule has 1 N–H and O–H groups in total. The molecule has 0 aliphatic heterocycles. The van der Waals surface area contributed by atoms with Crippen molar-refractivity contribution in [1.82, 2.24) is 0 Å². The van der Waals surface area contributed by atoms with E-state index in [0.29, 0.717) is 36.4 Å². The van der Waals surface area contributed by atoms with Crippen molar-refractivity contribution in [3.05, 3.63) is 23.8 Å². The average molecular weight is 423 g/mol. The SMILES string of the molecule is C[C@]12CC3(CC3)C(=O)C=C1C=CC1C2CC[C@@]2(C)C1CC[C@@]2(O)CCC(=O)[O-].[K+]. The Morgan fingerprint density at radius 3 is 2.52 bits per heavy atom. The summed E-state index contributed by atoms with van der Waals surface area (Å²) in [5, 5.41) is 22.5. The maximum Gasteiger partial charge on any atom is 1.00 e. The van der Waals surface area contributed by atoms with Gasteiger partial charge in [0.25, 0.3) is 0 Å². The Morgan fingerprint density at radius 2 is 1.86 bits per heavy atom.